The fourth-order valence-corrected chi connectivity index (χ4v) is 4.20. The number of carbonyl (C=O) groups is 1. The molecule has 0 saturated carbocycles. The molecule has 6 heteroatoms. The summed E-state index contributed by atoms with van der Waals surface area (Å²) >= 11 is 0. The van der Waals surface area contributed by atoms with Gasteiger partial charge in [0.05, 0.1) is 19.8 Å². The normalized spacial score (nSPS) is 16.3. The first-order valence-electron chi connectivity index (χ1n) is 10.3. The van der Waals surface area contributed by atoms with Gasteiger partial charge in [-0.05, 0) is 31.5 Å². The second-order valence-electron chi connectivity index (χ2n) is 7.93. The molecule has 0 aromatic heterocycles. The molecule has 6 nitrogen and oxygen atoms in total. The first-order valence-corrected chi connectivity index (χ1v) is 10.3. The number of ether oxygens (including phenoxy) is 3. The first kappa shape index (κ1) is 22.1. The molecule has 1 aliphatic heterocycles. The number of rotatable bonds is 10. The SMILES string of the molecule is COc1ccc(CN(C)C2(COC=O)CCN(Cc3ccccc3)CC2)c(OC)c1. The highest BCUT2D eigenvalue weighted by atomic mass is 16.5. The summed E-state index contributed by atoms with van der Waals surface area (Å²) in [5.41, 5.74) is 2.21. The van der Waals surface area contributed by atoms with Gasteiger partial charge in [-0.1, -0.05) is 36.4 Å². The van der Waals surface area contributed by atoms with Crippen molar-refractivity contribution < 1.29 is 19.0 Å². The van der Waals surface area contributed by atoms with Gasteiger partial charge in [-0.25, -0.2) is 0 Å². The van der Waals surface area contributed by atoms with Crippen molar-refractivity contribution in [1.82, 2.24) is 9.80 Å². The van der Waals surface area contributed by atoms with Gasteiger partial charge in [-0.2, -0.15) is 0 Å². The maximum absolute atomic E-state index is 11.0. The Labute approximate surface area is 179 Å². The summed E-state index contributed by atoms with van der Waals surface area (Å²) in [5, 5.41) is 0. The Kier molecular flexibility index (Phi) is 7.71. The molecule has 1 heterocycles. The lowest BCUT2D eigenvalue weighted by Gasteiger charge is -2.47. The van der Waals surface area contributed by atoms with Crippen molar-refractivity contribution in [1.29, 1.82) is 0 Å². The highest BCUT2D eigenvalue weighted by molar-refractivity contribution is 5.41. The van der Waals surface area contributed by atoms with Crippen LogP contribution in [0.5, 0.6) is 11.5 Å². The van der Waals surface area contributed by atoms with E-state index in [-0.39, 0.29) is 5.54 Å². The average molecular weight is 413 g/mol. The maximum Gasteiger partial charge on any atom is 0.293 e. The molecule has 0 atom stereocenters. The lowest BCUT2D eigenvalue weighted by molar-refractivity contribution is -0.134. The van der Waals surface area contributed by atoms with Crippen molar-refractivity contribution in [3.8, 4) is 11.5 Å². The van der Waals surface area contributed by atoms with Crippen LogP contribution in [0.3, 0.4) is 0 Å². The lowest BCUT2D eigenvalue weighted by Crippen LogP contribution is -2.56. The smallest absolute Gasteiger partial charge is 0.293 e. The van der Waals surface area contributed by atoms with Gasteiger partial charge in [0.15, 0.2) is 0 Å². The van der Waals surface area contributed by atoms with Crippen molar-refractivity contribution in [2.24, 2.45) is 0 Å². The summed E-state index contributed by atoms with van der Waals surface area (Å²) in [7, 11) is 5.42. The number of piperidine rings is 1. The molecule has 1 saturated heterocycles. The molecule has 0 amide bonds. The quantitative estimate of drug-likeness (QED) is 0.558. The van der Waals surface area contributed by atoms with E-state index in [1.54, 1.807) is 14.2 Å². The third-order valence-corrected chi connectivity index (χ3v) is 6.17. The number of benzene rings is 2. The Morgan fingerprint density at radius 3 is 2.43 bits per heavy atom. The Bertz CT molecular complexity index is 804. The molecule has 2 aromatic carbocycles. The van der Waals surface area contributed by atoms with Crippen LogP contribution < -0.4 is 9.47 Å². The van der Waals surface area contributed by atoms with Crippen LogP contribution in [0, 0.1) is 0 Å². The monoisotopic (exact) mass is 412 g/mol. The number of hydrogen-bond donors (Lipinski definition) is 0. The largest absolute Gasteiger partial charge is 0.497 e. The van der Waals surface area contributed by atoms with Gasteiger partial charge in [0.25, 0.3) is 6.47 Å². The van der Waals surface area contributed by atoms with E-state index < -0.39 is 0 Å². The zero-order valence-corrected chi connectivity index (χ0v) is 18.2. The second kappa shape index (κ2) is 10.5. The summed E-state index contributed by atoms with van der Waals surface area (Å²) < 4.78 is 16.2. The average Bonchev–Trinajstić information content (AvgIpc) is 2.79. The van der Waals surface area contributed by atoms with Gasteiger partial charge in [0.2, 0.25) is 0 Å². The van der Waals surface area contributed by atoms with E-state index in [2.05, 4.69) is 41.1 Å². The summed E-state index contributed by atoms with van der Waals surface area (Å²) in [6, 6.07) is 16.4. The van der Waals surface area contributed by atoms with E-state index in [9.17, 15) is 4.79 Å². The molecule has 0 N–H and O–H groups in total. The Morgan fingerprint density at radius 2 is 1.80 bits per heavy atom. The van der Waals surface area contributed by atoms with Crippen molar-refractivity contribution in [2.45, 2.75) is 31.5 Å². The van der Waals surface area contributed by atoms with Gasteiger partial charge >= 0.3 is 0 Å². The van der Waals surface area contributed by atoms with Crippen molar-refractivity contribution in [3.63, 3.8) is 0 Å². The second-order valence-corrected chi connectivity index (χ2v) is 7.93. The van der Waals surface area contributed by atoms with Crippen molar-refractivity contribution in [3.05, 3.63) is 59.7 Å². The zero-order chi connectivity index (χ0) is 21.4. The van der Waals surface area contributed by atoms with Crippen LogP contribution in [0.15, 0.2) is 48.5 Å². The van der Waals surface area contributed by atoms with Crippen LogP contribution in [0.2, 0.25) is 0 Å². The molecule has 0 radical (unpaired) electrons. The fourth-order valence-electron chi connectivity index (χ4n) is 4.20. The molecule has 2 aromatic rings. The van der Waals surface area contributed by atoms with E-state index in [1.807, 2.05) is 24.3 Å². The highest BCUT2D eigenvalue weighted by Crippen LogP contribution is 2.33. The standard InChI is InChI=1S/C24H32N2O4/c1-25(17-21-9-10-22(28-2)15-23(21)29-3)24(18-30-19-27)11-13-26(14-12-24)16-20-7-5-4-6-8-20/h4-10,15,19H,11-14,16-18H2,1-3H3. The number of likely N-dealkylation sites (tertiary alicyclic amines) is 1. The molecule has 0 bridgehead atoms. The van der Waals surface area contributed by atoms with E-state index in [4.69, 9.17) is 14.2 Å². The number of hydrogen-bond acceptors (Lipinski definition) is 6. The van der Waals surface area contributed by atoms with Crippen LogP contribution in [0.4, 0.5) is 0 Å². The lowest BCUT2D eigenvalue weighted by atomic mass is 9.86. The molecular formula is C24H32N2O4. The molecule has 162 valence electrons. The van der Waals surface area contributed by atoms with Gasteiger partial charge < -0.3 is 14.2 Å². The predicted molar refractivity (Wildman–Crippen MR) is 117 cm³/mol. The minimum Gasteiger partial charge on any atom is -0.497 e. The van der Waals surface area contributed by atoms with Gasteiger partial charge in [0.1, 0.15) is 18.1 Å². The molecule has 1 aliphatic rings. The fraction of sp³-hybridized carbons (Fsp3) is 0.458. The Morgan fingerprint density at radius 1 is 1.07 bits per heavy atom. The minimum atomic E-state index is -0.195. The van der Waals surface area contributed by atoms with Gasteiger partial charge in [-0.15, -0.1) is 0 Å². The molecular weight excluding hydrogens is 380 g/mol. The Balaban J connectivity index is 1.70. The Hall–Kier alpha value is -2.57. The minimum absolute atomic E-state index is 0.195. The molecule has 0 unspecified atom stereocenters. The summed E-state index contributed by atoms with van der Waals surface area (Å²) in [6.45, 7) is 4.52. The van der Waals surface area contributed by atoms with E-state index in [1.165, 1.54) is 5.56 Å². The van der Waals surface area contributed by atoms with E-state index >= 15 is 0 Å². The third kappa shape index (κ3) is 5.32. The highest BCUT2D eigenvalue weighted by Gasteiger charge is 2.39. The molecule has 0 spiro atoms. The molecule has 30 heavy (non-hydrogen) atoms. The van der Waals surface area contributed by atoms with Crippen molar-refractivity contribution in [2.75, 3.05) is 41.0 Å². The maximum atomic E-state index is 11.0. The van der Waals surface area contributed by atoms with Crippen LogP contribution in [-0.4, -0.2) is 62.8 Å². The number of likely N-dealkylation sites (N-methyl/N-ethyl adjacent to an activating group) is 1. The molecule has 1 fully saturated rings. The topological polar surface area (TPSA) is 51.2 Å². The van der Waals surface area contributed by atoms with E-state index in [0.717, 1.165) is 49.5 Å². The van der Waals surface area contributed by atoms with Crippen LogP contribution in [-0.2, 0) is 22.6 Å². The number of carbonyl (C=O) groups excluding carboxylic acids is 1. The number of nitrogens with zero attached hydrogens (tertiary/aromatic N) is 2. The summed E-state index contributed by atoms with van der Waals surface area (Å²) in [5.74, 6) is 1.57. The zero-order valence-electron chi connectivity index (χ0n) is 18.2. The van der Waals surface area contributed by atoms with Gasteiger partial charge in [0, 0.05) is 37.8 Å². The van der Waals surface area contributed by atoms with Gasteiger partial charge in [-0.3, -0.25) is 14.6 Å². The van der Waals surface area contributed by atoms with Crippen LogP contribution in [0.1, 0.15) is 24.0 Å². The molecule has 0 aliphatic carbocycles. The summed E-state index contributed by atoms with van der Waals surface area (Å²) in [6.07, 6.45) is 1.87. The predicted octanol–water partition coefficient (Wildman–Crippen LogP) is 3.34. The van der Waals surface area contributed by atoms with E-state index in [0.29, 0.717) is 19.6 Å². The van der Waals surface area contributed by atoms with Crippen molar-refractivity contribution >= 4 is 6.47 Å². The van der Waals surface area contributed by atoms with Crippen LogP contribution >= 0.6 is 0 Å². The summed E-state index contributed by atoms with van der Waals surface area (Å²) in [4.78, 5) is 15.7. The third-order valence-electron chi connectivity index (χ3n) is 6.17. The van der Waals surface area contributed by atoms with Crippen LogP contribution in [0.25, 0.3) is 0 Å². The molecule has 3 rings (SSSR count). The number of methoxy groups -OCH3 is 2. The first-order chi connectivity index (χ1) is 14.6.